The molecule has 8 heteroatoms. The first-order valence-electron chi connectivity index (χ1n) is 6.30. The van der Waals surface area contributed by atoms with E-state index in [-0.39, 0.29) is 6.42 Å². The molecule has 1 atom stereocenters. The van der Waals surface area contributed by atoms with E-state index in [1.807, 2.05) is 12.2 Å². The fraction of sp³-hybridized carbons (Fsp3) is 0.385. The van der Waals surface area contributed by atoms with Gasteiger partial charge in [0.2, 0.25) is 0 Å². The Hall–Kier alpha value is -2.25. The molecule has 116 valence electrons. The third-order valence-corrected chi connectivity index (χ3v) is 2.73. The Morgan fingerprint density at radius 3 is 2.48 bits per heavy atom. The van der Waals surface area contributed by atoms with E-state index in [0.717, 1.165) is 12.5 Å². The summed E-state index contributed by atoms with van der Waals surface area (Å²) in [5, 5.41) is 13.0. The zero-order valence-electron chi connectivity index (χ0n) is 11.3. The molecule has 1 rings (SSSR count). The molecule has 0 aromatic heterocycles. The van der Waals surface area contributed by atoms with E-state index in [2.05, 4.69) is 5.32 Å². The van der Waals surface area contributed by atoms with Crippen LogP contribution < -0.4 is 10.6 Å². The van der Waals surface area contributed by atoms with E-state index in [0.29, 0.717) is 12.5 Å². The van der Waals surface area contributed by atoms with Gasteiger partial charge in [0.25, 0.3) is 0 Å². The summed E-state index contributed by atoms with van der Waals surface area (Å²) in [5.74, 6) is -5.88. The summed E-state index contributed by atoms with van der Waals surface area (Å²) in [4.78, 5) is 22.5. The average Bonchev–Trinajstić information content (AvgIpc) is 2.43. The Morgan fingerprint density at radius 2 is 1.90 bits per heavy atom. The second-order valence-corrected chi connectivity index (χ2v) is 4.35. The molecule has 0 aliphatic heterocycles. The Labute approximate surface area is 119 Å². The van der Waals surface area contributed by atoms with Crippen LogP contribution in [0.15, 0.2) is 12.1 Å². The quantitative estimate of drug-likeness (QED) is 0.707. The van der Waals surface area contributed by atoms with Gasteiger partial charge in [-0.2, -0.15) is 0 Å². The highest BCUT2D eigenvalue weighted by molar-refractivity contribution is 5.92. The summed E-state index contributed by atoms with van der Waals surface area (Å²) in [6.07, 6.45) is 1.53. The summed E-state index contributed by atoms with van der Waals surface area (Å²) in [7, 11) is 0. The number of rotatable bonds is 6. The van der Waals surface area contributed by atoms with Crippen molar-refractivity contribution in [1.82, 2.24) is 5.32 Å². The van der Waals surface area contributed by atoms with Crippen molar-refractivity contribution in [2.24, 2.45) is 0 Å². The van der Waals surface area contributed by atoms with Crippen molar-refractivity contribution in [2.75, 3.05) is 5.32 Å². The van der Waals surface area contributed by atoms with Gasteiger partial charge in [-0.3, -0.25) is 0 Å². The Balaban J connectivity index is 2.72. The molecule has 0 saturated carbocycles. The molecule has 0 spiro atoms. The third-order valence-electron chi connectivity index (χ3n) is 2.73. The number of aliphatic carboxylic acids is 1. The molecule has 21 heavy (non-hydrogen) atoms. The van der Waals surface area contributed by atoms with Crippen molar-refractivity contribution in [1.29, 1.82) is 0 Å². The van der Waals surface area contributed by atoms with Gasteiger partial charge in [0, 0.05) is 0 Å². The summed E-state index contributed by atoms with van der Waals surface area (Å²) < 4.78 is 39.1. The van der Waals surface area contributed by atoms with Gasteiger partial charge < -0.3 is 15.7 Å². The topological polar surface area (TPSA) is 78.4 Å². The van der Waals surface area contributed by atoms with Gasteiger partial charge in [-0.25, -0.2) is 22.8 Å². The zero-order valence-corrected chi connectivity index (χ0v) is 11.3. The fourth-order valence-electron chi connectivity index (χ4n) is 1.60. The molecule has 1 aromatic carbocycles. The number of benzene rings is 1. The lowest BCUT2D eigenvalue weighted by Gasteiger charge is -2.15. The van der Waals surface area contributed by atoms with E-state index in [9.17, 15) is 22.8 Å². The van der Waals surface area contributed by atoms with Crippen LogP contribution in [-0.2, 0) is 4.79 Å². The Bertz CT molecular complexity index is 538. The number of halogens is 3. The van der Waals surface area contributed by atoms with Crippen LogP contribution in [0.4, 0.5) is 23.7 Å². The lowest BCUT2D eigenvalue weighted by molar-refractivity contribution is -0.139. The molecule has 0 unspecified atom stereocenters. The molecule has 0 bridgehead atoms. The molecular formula is C13H15F3N2O3. The van der Waals surface area contributed by atoms with Crippen LogP contribution in [0.3, 0.4) is 0 Å². The summed E-state index contributed by atoms with van der Waals surface area (Å²) >= 11 is 0. The van der Waals surface area contributed by atoms with Gasteiger partial charge in [0.05, 0.1) is 5.69 Å². The second kappa shape index (κ2) is 7.51. The Morgan fingerprint density at radius 1 is 1.24 bits per heavy atom. The minimum Gasteiger partial charge on any atom is -0.480 e. The summed E-state index contributed by atoms with van der Waals surface area (Å²) in [6.45, 7) is 1.86. The van der Waals surface area contributed by atoms with E-state index in [1.54, 1.807) is 0 Å². The van der Waals surface area contributed by atoms with Crippen LogP contribution in [0.2, 0.25) is 0 Å². The number of amides is 2. The fourth-order valence-corrected chi connectivity index (χ4v) is 1.60. The van der Waals surface area contributed by atoms with Gasteiger partial charge in [0.15, 0.2) is 17.5 Å². The lowest BCUT2D eigenvalue weighted by atomic mass is 10.1. The van der Waals surface area contributed by atoms with Crippen molar-refractivity contribution in [3.8, 4) is 0 Å². The molecule has 3 N–H and O–H groups in total. The normalized spacial score (nSPS) is 11.8. The number of carboxylic acid groups (broad SMARTS) is 1. The van der Waals surface area contributed by atoms with Crippen molar-refractivity contribution in [3.05, 3.63) is 29.6 Å². The molecular weight excluding hydrogens is 289 g/mol. The highest BCUT2D eigenvalue weighted by Gasteiger charge is 2.21. The number of anilines is 1. The highest BCUT2D eigenvalue weighted by Crippen LogP contribution is 2.19. The molecule has 0 heterocycles. The van der Waals surface area contributed by atoms with Gasteiger partial charge in [0.1, 0.15) is 6.04 Å². The van der Waals surface area contributed by atoms with Gasteiger partial charge in [-0.1, -0.05) is 19.8 Å². The standard InChI is InChI=1S/C13H15F3N2O3/c1-2-3-4-9(12(19)20)18-13(21)17-8-6-5-7(14)10(15)11(8)16/h5-6,9H,2-4H2,1H3,(H,19,20)(H2,17,18,21)/t9-/m0/s1. The number of hydrogen-bond acceptors (Lipinski definition) is 2. The number of nitrogens with one attached hydrogen (secondary N) is 2. The van der Waals surface area contributed by atoms with Gasteiger partial charge in [-0.15, -0.1) is 0 Å². The van der Waals surface area contributed by atoms with Crippen LogP contribution >= 0.6 is 0 Å². The molecule has 0 saturated heterocycles. The summed E-state index contributed by atoms with van der Waals surface area (Å²) in [5.41, 5.74) is -0.578. The first-order chi connectivity index (χ1) is 9.86. The maximum atomic E-state index is 13.3. The molecule has 5 nitrogen and oxygen atoms in total. The van der Waals surface area contributed by atoms with Crippen LogP contribution in [-0.4, -0.2) is 23.1 Å². The number of hydrogen-bond donors (Lipinski definition) is 3. The van der Waals surface area contributed by atoms with E-state index in [1.165, 1.54) is 0 Å². The number of carbonyl (C=O) groups excluding carboxylic acids is 1. The average molecular weight is 304 g/mol. The summed E-state index contributed by atoms with van der Waals surface area (Å²) in [6, 6.07) is -0.656. The maximum Gasteiger partial charge on any atom is 0.326 e. The van der Waals surface area contributed by atoms with Crippen molar-refractivity contribution >= 4 is 17.7 Å². The monoisotopic (exact) mass is 304 g/mol. The predicted octanol–water partition coefficient (Wildman–Crippen LogP) is 2.87. The van der Waals surface area contributed by atoms with Crippen LogP contribution in [0, 0.1) is 17.5 Å². The molecule has 1 aromatic rings. The van der Waals surface area contributed by atoms with Gasteiger partial charge >= 0.3 is 12.0 Å². The smallest absolute Gasteiger partial charge is 0.326 e. The van der Waals surface area contributed by atoms with E-state index in [4.69, 9.17) is 5.11 Å². The molecule has 0 fully saturated rings. The third kappa shape index (κ3) is 4.66. The maximum absolute atomic E-state index is 13.3. The second-order valence-electron chi connectivity index (χ2n) is 4.35. The first kappa shape index (κ1) is 16.8. The van der Waals surface area contributed by atoms with Crippen LogP contribution in [0.1, 0.15) is 26.2 Å². The first-order valence-corrected chi connectivity index (χ1v) is 6.30. The number of urea groups is 1. The molecule has 2 amide bonds. The largest absolute Gasteiger partial charge is 0.480 e. The van der Waals surface area contributed by atoms with Gasteiger partial charge in [-0.05, 0) is 18.6 Å². The van der Waals surface area contributed by atoms with Crippen molar-refractivity contribution in [2.45, 2.75) is 32.2 Å². The minimum atomic E-state index is -1.71. The number of unbranched alkanes of at least 4 members (excludes halogenated alkanes) is 1. The van der Waals surface area contributed by atoms with Crippen molar-refractivity contribution in [3.63, 3.8) is 0 Å². The predicted molar refractivity (Wildman–Crippen MR) is 69.4 cm³/mol. The van der Waals surface area contributed by atoms with E-state index >= 15 is 0 Å². The minimum absolute atomic E-state index is 0.208. The van der Waals surface area contributed by atoms with Crippen LogP contribution in [0.25, 0.3) is 0 Å². The van der Waals surface area contributed by atoms with E-state index < -0.39 is 41.2 Å². The highest BCUT2D eigenvalue weighted by atomic mass is 19.2. The van der Waals surface area contributed by atoms with Crippen LogP contribution in [0.5, 0.6) is 0 Å². The molecule has 0 aliphatic carbocycles. The lowest BCUT2D eigenvalue weighted by Crippen LogP contribution is -2.43. The Kier molecular flexibility index (Phi) is 6.01. The molecule has 0 aliphatic rings. The zero-order chi connectivity index (χ0) is 16.0. The molecule has 0 radical (unpaired) electrons. The number of carboxylic acids is 1. The number of carbonyl (C=O) groups is 2. The van der Waals surface area contributed by atoms with Crippen molar-refractivity contribution < 1.29 is 27.9 Å². The SMILES string of the molecule is CCCC[C@H](NC(=O)Nc1ccc(F)c(F)c1F)C(=O)O.